The highest BCUT2D eigenvalue weighted by atomic mass is 32.2. The fourth-order valence-corrected chi connectivity index (χ4v) is 3.45. The van der Waals surface area contributed by atoms with E-state index >= 15 is 0 Å². The fraction of sp³-hybridized carbons (Fsp3) is 0.158. The number of imide groups is 1. The summed E-state index contributed by atoms with van der Waals surface area (Å²) < 4.78 is 39.3. The molecule has 26 heavy (non-hydrogen) atoms. The van der Waals surface area contributed by atoms with Gasteiger partial charge in [-0.25, -0.2) is 0 Å². The lowest BCUT2D eigenvalue weighted by Crippen LogP contribution is -2.27. The minimum Gasteiger partial charge on any atom is -0.268 e. The van der Waals surface area contributed by atoms with E-state index in [1.54, 1.807) is 12.1 Å². The molecule has 0 aliphatic carbocycles. The number of nitrogens with zero attached hydrogens (tertiary/aromatic N) is 1. The molecular formula is C19H14F3NO2S. The van der Waals surface area contributed by atoms with E-state index in [0.717, 1.165) is 28.2 Å². The standard InChI is InChI=1S/C19H14F3NO2S/c1-12-6-2-3-8-14(12)11-23-17(24)16(26-18(23)25)10-13-7-4-5-9-15(13)19(20,21)22/h2-10H,11H2,1H3/b16-10-. The molecule has 0 unspecified atom stereocenters. The largest absolute Gasteiger partial charge is 0.416 e. The van der Waals surface area contributed by atoms with Crippen LogP contribution in [0.25, 0.3) is 6.08 Å². The highest BCUT2D eigenvalue weighted by molar-refractivity contribution is 8.18. The Morgan fingerprint density at radius 3 is 2.38 bits per heavy atom. The van der Waals surface area contributed by atoms with Gasteiger partial charge in [0.25, 0.3) is 11.1 Å². The molecule has 1 saturated heterocycles. The monoisotopic (exact) mass is 377 g/mol. The summed E-state index contributed by atoms with van der Waals surface area (Å²) in [5, 5.41) is -0.492. The molecule has 0 saturated carbocycles. The van der Waals surface area contributed by atoms with Crippen LogP contribution in [-0.2, 0) is 17.5 Å². The van der Waals surface area contributed by atoms with Crippen molar-refractivity contribution >= 4 is 29.0 Å². The third-order valence-electron chi connectivity index (χ3n) is 4.02. The van der Waals surface area contributed by atoms with Gasteiger partial charge < -0.3 is 0 Å². The molecule has 0 aromatic heterocycles. The minimum absolute atomic E-state index is 0.0136. The summed E-state index contributed by atoms with van der Waals surface area (Å²) in [6.45, 7) is 1.96. The zero-order valence-electron chi connectivity index (χ0n) is 13.7. The minimum atomic E-state index is -4.54. The van der Waals surface area contributed by atoms with Crippen LogP contribution in [0, 0.1) is 6.92 Å². The highest BCUT2D eigenvalue weighted by Crippen LogP contribution is 2.37. The Morgan fingerprint density at radius 1 is 1.04 bits per heavy atom. The number of hydrogen-bond donors (Lipinski definition) is 0. The van der Waals surface area contributed by atoms with Gasteiger partial charge in [-0.2, -0.15) is 13.2 Å². The van der Waals surface area contributed by atoms with Crippen LogP contribution >= 0.6 is 11.8 Å². The van der Waals surface area contributed by atoms with E-state index in [0.29, 0.717) is 11.8 Å². The molecule has 2 amide bonds. The molecule has 134 valence electrons. The van der Waals surface area contributed by atoms with Crippen LogP contribution < -0.4 is 0 Å². The van der Waals surface area contributed by atoms with E-state index in [2.05, 4.69) is 0 Å². The van der Waals surface area contributed by atoms with Gasteiger partial charge in [-0.3, -0.25) is 14.5 Å². The van der Waals surface area contributed by atoms with Crippen LogP contribution in [-0.4, -0.2) is 16.0 Å². The second-order valence-electron chi connectivity index (χ2n) is 5.78. The molecule has 2 aromatic carbocycles. The van der Waals surface area contributed by atoms with Crippen LogP contribution in [0.4, 0.5) is 18.0 Å². The molecule has 2 aromatic rings. The second kappa shape index (κ2) is 6.99. The SMILES string of the molecule is Cc1ccccc1CN1C(=O)S/C(=C\c2ccccc2C(F)(F)F)C1=O. The van der Waals surface area contributed by atoms with Crippen molar-refractivity contribution < 1.29 is 22.8 Å². The number of halogens is 3. The number of hydrogen-bond acceptors (Lipinski definition) is 3. The van der Waals surface area contributed by atoms with Crippen LogP contribution in [0.5, 0.6) is 0 Å². The first-order valence-corrected chi connectivity index (χ1v) is 8.55. The lowest BCUT2D eigenvalue weighted by Gasteiger charge is -2.14. The van der Waals surface area contributed by atoms with Gasteiger partial charge in [-0.05, 0) is 47.5 Å². The number of benzene rings is 2. The van der Waals surface area contributed by atoms with Crippen molar-refractivity contribution in [2.75, 3.05) is 0 Å². The zero-order valence-corrected chi connectivity index (χ0v) is 14.5. The maximum absolute atomic E-state index is 13.1. The highest BCUT2D eigenvalue weighted by Gasteiger charge is 2.37. The van der Waals surface area contributed by atoms with Crippen LogP contribution in [0.15, 0.2) is 53.4 Å². The van der Waals surface area contributed by atoms with E-state index in [1.807, 2.05) is 19.1 Å². The molecule has 1 aliphatic rings. The normalized spacial score (nSPS) is 16.6. The van der Waals surface area contributed by atoms with E-state index < -0.39 is 22.9 Å². The molecular weight excluding hydrogens is 363 g/mol. The number of carbonyl (C=O) groups is 2. The molecule has 0 bridgehead atoms. The van der Waals surface area contributed by atoms with E-state index in [-0.39, 0.29) is 17.0 Å². The van der Waals surface area contributed by atoms with Gasteiger partial charge in [0.05, 0.1) is 17.0 Å². The summed E-state index contributed by atoms with van der Waals surface area (Å²) in [7, 11) is 0. The Bertz CT molecular complexity index is 906. The number of carbonyl (C=O) groups excluding carboxylic acids is 2. The summed E-state index contributed by atoms with van der Waals surface area (Å²) in [6, 6.07) is 12.3. The van der Waals surface area contributed by atoms with Crippen molar-refractivity contribution in [2.24, 2.45) is 0 Å². The van der Waals surface area contributed by atoms with E-state index in [9.17, 15) is 22.8 Å². The molecule has 0 atom stereocenters. The molecule has 1 aliphatic heterocycles. The first-order valence-electron chi connectivity index (χ1n) is 7.73. The third-order valence-corrected chi connectivity index (χ3v) is 4.92. The summed E-state index contributed by atoms with van der Waals surface area (Å²) in [4.78, 5) is 25.8. The Kier molecular flexibility index (Phi) is 4.91. The third kappa shape index (κ3) is 3.67. The number of rotatable bonds is 3. The van der Waals surface area contributed by atoms with Gasteiger partial charge in [-0.15, -0.1) is 0 Å². The van der Waals surface area contributed by atoms with Gasteiger partial charge in [0.15, 0.2) is 0 Å². The quantitative estimate of drug-likeness (QED) is 0.686. The van der Waals surface area contributed by atoms with Crippen molar-refractivity contribution in [3.05, 3.63) is 75.7 Å². The average Bonchev–Trinajstić information content (AvgIpc) is 2.84. The summed E-state index contributed by atoms with van der Waals surface area (Å²) in [5.74, 6) is -0.583. The smallest absolute Gasteiger partial charge is 0.268 e. The molecule has 3 nitrogen and oxygen atoms in total. The van der Waals surface area contributed by atoms with Crippen molar-refractivity contribution in [1.82, 2.24) is 4.90 Å². The number of alkyl halides is 3. The number of aryl methyl sites for hydroxylation is 1. The van der Waals surface area contributed by atoms with Gasteiger partial charge in [0.2, 0.25) is 0 Å². The predicted molar refractivity (Wildman–Crippen MR) is 94.1 cm³/mol. The molecule has 1 heterocycles. The number of thioether (sulfide) groups is 1. The Hall–Kier alpha value is -2.54. The first kappa shape index (κ1) is 18.3. The summed E-state index contributed by atoms with van der Waals surface area (Å²) >= 11 is 0.652. The lowest BCUT2D eigenvalue weighted by molar-refractivity contribution is -0.137. The fourth-order valence-electron chi connectivity index (χ4n) is 2.62. The first-order chi connectivity index (χ1) is 12.3. The second-order valence-corrected chi connectivity index (χ2v) is 6.77. The topological polar surface area (TPSA) is 37.4 Å². The van der Waals surface area contributed by atoms with Crippen molar-refractivity contribution in [2.45, 2.75) is 19.6 Å². The Balaban J connectivity index is 1.90. The van der Waals surface area contributed by atoms with Gasteiger partial charge in [-0.1, -0.05) is 42.5 Å². The van der Waals surface area contributed by atoms with Crippen LogP contribution in [0.2, 0.25) is 0 Å². The predicted octanol–water partition coefficient (Wildman–Crippen LogP) is 5.25. The van der Waals surface area contributed by atoms with Crippen molar-refractivity contribution in [1.29, 1.82) is 0 Å². The summed E-state index contributed by atoms with van der Waals surface area (Å²) in [5.41, 5.74) is 0.761. The zero-order chi connectivity index (χ0) is 18.9. The summed E-state index contributed by atoms with van der Waals surface area (Å²) in [6.07, 6.45) is -3.41. The molecule has 0 radical (unpaired) electrons. The maximum Gasteiger partial charge on any atom is 0.416 e. The van der Waals surface area contributed by atoms with Crippen molar-refractivity contribution in [3.63, 3.8) is 0 Å². The van der Waals surface area contributed by atoms with Crippen LogP contribution in [0.1, 0.15) is 22.3 Å². The molecule has 3 rings (SSSR count). The maximum atomic E-state index is 13.1. The lowest BCUT2D eigenvalue weighted by atomic mass is 10.1. The van der Waals surface area contributed by atoms with Gasteiger partial charge >= 0.3 is 6.18 Å². The van der Waals surface area contributed by atoms with E-state index in [1.165, 1.54) is 18.2 Å². The molecule has 1 fully saturated rings. The molecule has 0 N–H and O–H groups in total. The number of amides is 2. The molecule has 0 spiro atoms. The average molecular weight is 377 g/mol. The Labute approximate surface area is 152 Å². The van der Waals surface area contributed by atoms with Crippen molar-refractivity contribution in [3.8, 4) is 0 Å². The van der Waals surface area contributed by atoms with Gasteiger partial charge in [0.1, 0.15) is 0 Å². The van der Waals surface area contributed by atoms with Crippen LogP contribution in [0.3, 0.4) is 0 Å². The molecule has 7 heteroatoms. The van der Waals surface area contributed by atoms with Gasteiger partial charge in [0, 0.05) is 0 Å². The van der Waals surface area contributed by atoms with E-state index in [4.69, 9.17) is 0 Å². The Morgan fingerprint density at radius 2 is 1.69 bits per heavy atom.